The Morgan fingerprint density at radius 2 is 1.71 bits per heavy atom. The van der Waals surface area contributed by atoms with Crippen LogP contribution in [-0.4, -0.2) is 16.8 Å². The van der Waals surface area contributed by atoms with E-state index in [4.69, 9.17) is 0 Å². The maximum Gasteiger partial charge on any atom is 0.325 e. The van der Waals surface area contributed by atoms with Crippen LogP contribution in [0.1, 0.15) is 30.9 Å². The van der Waals surface area contributed by atoms with E-state index in [-0.39, 0.29) is 18.5 Å². The molecule has 0 radical (unpaired) electrons. The smallest absolute Gasteiger partial charge is 0.319 e. The van der Waals surface area contributed by atoms with Gasteiger partial charge in [-0.05, 0) is 29.7 Å². The summed E-state index contributed by atoms with van der Waals surface area (Å²) in [6.07, 6.45) is 1.38. The van der Waals surface area contributed by atoms with Crippen molar-refractivity contribution in [1.82, 2.24) is 10.2 Å². The first-order chi connectivity index (χ1) is 11.6. The first kappa shape index (κ1) is 16.7. The van der Waals surface area contributed by atoms with Gasteiger partial charge >= 0.3 is 6.03 Å². The Morgan fingerprint density at radius 3 is 2.33 bits per heavy atom. The van der Waals surface area contributed by atoms with Crippen LogP contribution in [0.25, 0.3) is 0 Å². The molecular weight excluding hydrogens is 368 g/mol. The Labute approximate surface area is 150 Å². The van der Waals surface area contributed by atoms with E-state index >= 15 is 0 Å². The maximum atomic E-state index is 13.1. The van der Waals surface area contributed by atoms with Gasteiger partial charge in [0, 0.05) is 4.47 Å². The van der Waals surface area contributed by atoms with E-state index in [1.807, 2.05) is 61.5 Å². The molecule has 24 heavy (non-hydrogen) atoms. The number of nitrogens with zero attached hydrogens (tertiary/aromatic N) is 1. The van der Waals surface area contributed by atoms with E-state index < -0.39 is 5.54 Å². The second-order valence-corrected chi connectivity index (χ2v) is 6.88. The predicted molar refractivity (Wildman–Crippen MR) is 96.3 cm³/mol. The minimum atomic E-state index is -0.956. The third-order valence-electron chi connectivity index (χ3n) is 4.32. The number of carbonyl (C=O) groups excluding carboxylic acids is 2. The molecule has 1 saturated heterocycles. The van der Waals surface area contributed by atoms with Crippen LogP contribution < -0.4 is 5.32 Å². The number of rotatable bonds is 5. The zero-order valence-electron chi connectivity index (χ0n) is 13.5. The summed E-state index contributed by atoms with van der Waals surface area (Å²) in [6, 6.07) is 16.8. The number of urea groups is 1. The van der Waals surface area contributed by atoms with Crippen molar-refractivity contribution in [3.05, 3.63) is 70.2 Å². The van der Waals surface area contributed by atoms with Gasteiger partial charge in [0.2, 0.25) is 0 Å². The first-order valence-corrected chi connectivity index (χ1v) is 8.80. The molecule has 0 saturated carbocycles. The van der Waals surface area contributed by atoms with Crippen LogP contribution in [0.3, 0.4) is 0 Å². The van der Waals surface area contributed by atoms with Crippen LogP contribution in [0.15, 0.2) is 59.1 Å². The number of hydrogen-bond donors (Lipinski definition) is 1. The molecular formula is C19H19BrN2O2. The van der Waals surface area contributed by atoms with Crippen LogP contribution in [-0.2, 0) is 16.9 Å². The van der Waals surface area contributed by atoms with E-state index in [2.05, 4.69) is 21.2 Å². The first-order valence-electron chi connectivity index (χ1n) is 8.01. The molecule has 1 N–H and O–H groups in total. The lowest BCUT2D eigenvalue weighted by atomic mass is 9.85. The van der Waals surface area contributed by atoms with Gasteiger partial charge < -0.3 is 5.32 Å². The highest BCUT2D eigenvalue weighted by molar-refractivity contribution is 9.10. The number of benzene rings is 2. The monoisotopic (exact) mass is 386 g/mol. The van der Waals surface area contributed by atoms with E-state index in [1.54, 1.807) is 0 Å². The molecule has 1 fully saturated rings. The molecule has 2 aromatic rings. The zero-order valence-corrected chi connectivity index (χ0v) is 15.0. The molecule has 0 spiro atoms. The van der Waals surface area contributed by atoms with Gasteiger partial charge in [-0.3, -0.25) is 9.69 Å². The van der Waals surface area contributed by atoms with Gasteiger partial charge in [0.05, 0.1) is 6.54 Å². The summed E-state index contributed by atoms with van der Waals surface area (Å²) in [5.41, 5.74) is 0.799. The summed E-state index contributed by atoms with van der Waals surface area (Å²) >= 11 is 3.39. The summed E-state index contributed by atoms with van der Waals surface area (Å²) in [7, 11) is 0. The Hall–Kier alpha value is -2.14. The molecule has 0 aliphatic carbocycles. The average Bonchev–Trinajstić information content (AvgIpc) is 2.83. The van der Waals surface area contributed by atoms with Crippen molar-refractivity contribution in [2.75, 3.05) is 0 Å². The molecule has 1 heterocycles. The quantitative estimate of drug-likeness (QED) is 0.782. The van der Waals surface area contributed by atoms with Gasteiger partial charge in [-0.15, -0.1) is 0 Å². The molecule has 4 nitrogen and oxygen atoms in total. The minimum absolute atomic E-state index is 0.177. The molecule has 0 aromatic heterocycles. The van der Waals surface area contributed by atoms with Crippen LogP contribution in [0.5, 0.6) is 0 Å². The summed E-state index contributed by atoms with van der Waals surface area (Å²) in [5.74, 6) is -0.177. The van der Waals surface area contributed by atoms with Gasteiger partial charge in [-0.25, -0.2) is 4.79 Å². The SMILES string of the molecule is CCC[C@@]1(c2ccccc2)NC(=O)N(Cc2ccc(Br)cc2)C1=O. The van der Waals surface area contributed by atoms with Crippen molar-refractivity contribution in [2.24, 2.45) is 0 Å². The largest absolute Gasteiger partial charge is 0.325 e. The maximum absolute atomic E-state index is 13.1. The van der Waals surface area contributed by atoms with Gasteiger partial charge in [0.25, 0.3) is 5.91 Å². The number of halogens is 1. The van der Waals surface area contributed by atoms with E-state index in [1.165, 1.54) is 4.90 Å². The lowest BCUT2D eigenvalue weighted by Gasteiger charge is -2.27. The summed E-state index contributed by atoms with van der Waals surface area (Å²) in [6.45, 7) is 2.29. The molecule has 0 unspecified atom stereocenters. The van der Waals surface area contributed by atoms with Crippen molar-refractivity contribution in [1.29, 1.82) is 0 Å². The average molecular weight is 387 g/mol. The van der Waals surface area contributed by atoms with Crippen LogP contribution >= 0.6 is 15.9 Å². The highest BCUT2D eigenvalue weighted by Gasteiger charge is 2.51. The summed E-state index contributed by atoms with van der Waals surface area (Å²) in [4.78, 5) is 26.9. The second kappa shape index (κ2) is 6.77. The lowest BCUT2D eigenvalue weighted by molar-refractivity contribution is -0.132. The van der Waals surface area contributed by atoms with Crippen molar-refractivity contribution < 1.29 is 9.59 Å². The second-order valence-electron chi connectivity index (χ2n) is 5.97. The molecule has 0 bridgehead atoms. The lowest BCUT2D eigenvalue weighted by Crippen LogP contribution is -2.43. The van der Waals surface area contributed by atoms with Crippen molar-refractivity contribution in [3.8, 4) is 0 Å². The molecule has 1 atom stereocenters. The van der Waals surface area contributed by atoms with Crippen LogP contribution in [0.2, 0.25) is 0 Å². The van der Waals surface area contributed by atoms with Gasteiger partial charge in [0.15, 0.2) is 0 Å². The fourth-order valence-electron chi connectivity index (χ4n) is 3.15. The van der Waals surface area contributed by atoms with E-state index in [0.717, 1.165) is 22.0 Å². The van der Waals surface area contributed by atoms with Crippen LogP contribution in [0.4, 0.5) is 4.79 Å². The van der Waals surface area contributed by atoms with Crippen LogP contribution in [0, 0.1) is 0 Å². The third kappa shape index (κ3) is 2.96. The topological polar surface area (TPSA) is 49.4 Å². The molecule has 5 heteroatoms. The van der Waals surface area contributed by atoms with E-state index in [0.29, 0.717) is 6.42 Å². The molecule has 3 amide bonds. The van der Waals surface area contributed by atoms with Gasteiger partial charge in [-0.2, -0.15) is 0 Å². The predicted octanol–water partition coefficient (Wildman–Crippen LogP) is 4.20. The summed E-state index contributed by atoms with van der Waals surface area (Å²) < 4.78 is 0.966. The zero-order chi connectivity index (χ0) is 17.2. The van der Waals surface area contributed by atoms with Gasteiger partial charge in [0.1, 0.15) is 5.54 Å². The Kier molecular flexibility index (Phi) is 4.71. The standard InChI is InChI=1S/C19H19BrN2O2/c1-2-12-19(15-6-4-3-5-7-15)17(23)22(18(24)21-19)13-14-8-10-16(20)11-9-14/h3-11H,2,12-13H2,1H3,(H,21,24)/t19-/m0/s1. The highest BCUT2D eigenvalue weighted by atomic mass is 79.9. The normalized spacial score (nSPS) is 20.3. The fraction of sp³-hybridized carbons (Fsp3) is 0.263. The van der Waals surface area contributed by atoms with Crippen molar-refractivity contribution in [3.63, 3.8) is 0 Å². The van der Waals surface area contributed by atoms with Crippen molar-refractivity contribution >= 4 is 27.9 Å². The Bertz CT molecular complexity index is 746. The number of amides is 3. The van der Waals surface area contributed by atoms with Crippen molar-refractivity contribution in [2.45, 2.75) is 31.8 Å². The Morgan fingerprint density at radius 1 is 1.04 bits per heavy atom. The molecule has 1 aliphatic heterocycles. The Balaban J connectivity index is 1.92. The van der Waals surface area contributed by atoms with Gasteiger partial charge in [-0.1, -0.05) is 71.7 Å². The summed E-state index contributed by atoms with van der Waals surface area (Å²) in [5, 5.41) is 2.94. The molecule has 3 rings (SSSR count). The number of imide groups is 1. The molecule has 2 aromatic carbocycles. The molecule has 124 valence electrons. The fourth-order valence-corrected chi connectivity index (χ4v) is 3.41. The molecule has 1 aliphatic rings. The highest BCUT2D eigenvalue weighted by Crippen LogP contribution is 2.34. The number of hydrogen-bond acceptors (Lipinski definition) is 2. The third-order valence-corrected chi connectivity index (χ3v) is 4.85. The minimum Gasteiger partial charge on any atom is -0.319 e. The number of nitrogens with one attached hydrogen (secondary N) is 1. The van der Waals surface area contributed by atoms with E-state index in [9.17, 15) is 9.59 Å². The number of carbonyl (C=O) groups is 2.